The van der Waals surface area contributed by atoms with Gasteiger partial charge in [0.15, 0.2) is 10.6 Å². The van der Waals surface area contributed by atoms with Crippen LogP contribution in [0.3, 0.4) is 0 Å². The van der Waals surface area contributed by atoms with E-state index in [1.165, 1.54) is 43.4 Å². The summed E-state index contributed by atoms with van der Waals surface area (Å²) in [6, 6.07) is 23.4. The van der Waals surface area contributed by atoms with Crippen LogP contribution in [-0.4, -0.2) is 27.2 Å². The molecule has 3 aromatic carbocycles. The molecule has 2 heterocycles. The summed E-state index contributed by atoms with van der Waals surface area (Å²) in [5, 5.41) is 10.8. The molecule has 9 nitrogen and oxygen atoms in total. The van der Waals surface area contributed by atoms with Crippen molar-refractivity contribution >= 4 is 20.9 Å². The number of benzene rings is 3. The maximum Gasteiger partial charge on any atom is 0.341 e. The van der Waals surface area contributed by atoms with Crippen LogP contribution in [0.25, 0.3) is 22.4 Å². The van der Waals surface area contributed by atoms with Gasteiger partial charge >= 0.3 is 5.69 Å². The minimum absolute atomic E-state index is 0.208. The molecule has 0 aliphatic rings. The number of pyridine rings is 1. The molecule has 2 aromatic heterocycles. The topological polar surface area (TPSA) is 120 Å². The second-order valence-electron chi connectivity index (χ2n) is 7.99. The van der Waals surface area contributed by atoms with Crippen molar-refractivity contribution in [2.45, 2.75) is 9.79 Å². The van der Waals surface area contributed by atoms with E-state index in [2.05, 4.69) is 0 Å². The Bertz CT molecular complexity index is 1910. The van der Waals surface area contributed by atoms with Crippen LogP contribution in [0.4, 0.5) is 0 Å². The summed E-state index contributed by atoms with van der Waals surface area (Å²) in [5.41, 5.74) is -2.56. The molecular formula is C26H19N3O6S. The van der Waals surface area contributed by atoms with E-state index in [1.54, 1.807) is 54.6 Å². The fraction of sp³-hybridized carbons (Fsp3) is 0.0385. The van der Waals surface area contributed by atoms with Gasteiger partial charge in [0.2, 0.25) is 9.84 Å². The molecule has 0 bridgehead atoms. The summed E-state index contributed by atoms with van der Waals surface area (Å²) in [6.45, 7) is 0. The molecule has 0 atom stereocenters. The Hall–Kier alpha value is -4.70. The Kier molecular flexibility index (Phi) is 5.45. The minimum atomic E-state index is -4.52. The normalized spacial score (nSPS) is 11.6. The van der Waals surface area contributed by atoms with Gasteiger partial charge in [-0.05, 0) is 36.4 Å². The second kappa shape index (κ2) is 8.51. The number of hydrogen-bond donors (Lipinski definition) is 1. The van der Waals surface area contributed by atoms with Crippen molar-refractivity contribution < 1.29 is 13.5 Å². The van der Waals surface area contributed by atoms with Crippen molar-refractivity contribution in [3.63, 3.8) is 0 Å². The zero-order valence-electron chi connectivity index (χ0n) is 18.9. The summed E-state index contributed by atoms with van der Waals surface area (Å²) in [6.07, 6.45) is 0. The standard InChI is InChI=1S/C26H19N3O6S/c1-27-23-20(21(30)22(25(27)32)36(34,35)19-15-9-4-10-16-19)24(31)29(18-13-7-3-8-14-18)26(33)28(23)17-11-5-2-6-12-17/h2-16,30H,1H3. The predicted molar refractivity (Wildman–Crippen MR) is 134 cm³/mol. The molecule has 0 unspecified atom stereocenters. The number of aromatic hydroxyl groups is 1. The van der Waals surface area contributed by atoms with Gasteiger partial charge in [0.25, 0.3) is 11.1 Å². The third-order valence-corrected chi connectivity index (χ3v) is 7.65. The molecular weight excluding hydrogens is 482 g/mol. The predicted octanol–water partition coefficient (Wildman–Crippen LogP) is 2.38. The molecule has 1 N–H and O–H groups in total. The molecule has 0 saturated carbocycles. The fourth-order valence-electron chi connectivity index (χ4n) is 4.16. The summed E-state index contributed by atoms with van der Waals surface area (Å²) >= 11 is 0. The monoisotopic (exact) mass is 501 g/mol. The van der Waals surface area contributed by atoms with Gasteiger partial charge in [-0.25, -0.2) is 22.3 Å². The highest BCUT2D eigenvalue weighted by molar-refractivity contribution is 7.91. The van der Waals surface area contributed by atoms with E-state index in [0.29, 0.717) is 5.69 Å². The third kappa shape index (κ3) is 3.38. The van der Waals surface area contributed by atoms with Crippen LogP contribution in [0.1, 0.15) is 0 Å². The number of para-hydroxylation sites is 2. The molecule has 5 rings (SSSR count). The Morgan fingerprint density at radius 1 is 0.667 bits per heavy atom. The van der Waals surface area contributed by atoms with E-state index in [0.717, 1.165) is 13.7 Å². The molecule has 0 aliphatic heterocycles. The van der Waals surface area contributed by atoms with Crippen molar-refractivity contribution in [2.24, 2.45) is 7.05 Å². The first-order valence-corrected chi connectivity index (χ1v) is 12.3. The third-order valence-electron chi connectivity index (χ3n) is 5.85. The van der Waals surface area contributed by atoms with Crippen LogP contribution >= 0.6 is 0 Å². The van der Waals surface area contributed by atoms with Crippen molar-refractivity contribution in [3.05, 3.63) is 122 Å². The zero-order chi connectivity index (χ0) is 25.6. The van der Waals surface area contributed by atoms with Gasteiger partial charge < -0.3 is 5.11 Å². The molecule has 0 radical (unpaired) electrons. The number of nitrogens with zero attached hydrogens (tertiary/aromatic N) is 3. The van der Waals surface area contributed by atoms with Crippen LogP contribution in [0.2, 0.25) is 0 Å². The molecule has 0 saturated heterocycles. The SMILES string of the molecule is Cn1c(=O)c(S(=O)(=O)c2ccccc2)c(O)c2c(=O)n(-c3ccccc3)c(=O)n(-c3ccccc3)c21. The van der Waals surface area contributed by atoms with E-state index >= 15 is 0 Å². The van der Waals surface area contributed by atoms with Gasteiger partial charge in [-0.15, -0.1) is 0 Å². The number of sulfone groups is 1. The van der Waals surface area contributed by atoms with E-state index in [4.69, 9.17) is 0 Å². The molecule has 0 spiro atoms. The van der Waals surface area contributed by atoms with E-state index in [-0.39, 0.29) is 16.2 Å². The lowest BCUT2D eigenvalue weighted by atomic mass is 10.2. The number of rotatable bonds is 4. The Labute approximate surface area is 204 Å². The Morgan fingerprint density at radius 3 is 1.67 bits per heavy atom. The maximum absolute atomic E-state index is 13.7. The largest absolute Gasteiger partial charge is 0.505 e. The fourth-order valence-corrected chi connectivity index (χ4v) is 5.63. The second-order valence-corrected chi connectivity index (χ2v) is 9.87. The average Bonchev–Trinajstić information content (AvgIpc) is 2.88. The zero-order valence-corrected chi connectivity index (χ0v) is 19.7. The van der Waals surface area contributed by atoms with Crippen molar-refractivity contribution in [1.82, 2.24) is 13.7 Å². The van der Waals surface area contributed by atoms with Gasteiger partial charge in [-0.2, -0.15) is 0 Å². The lowest BCUT2D eigenvalue weighted by Crippen LogP contribution is -2.41. The van der Waals surface area contributed by atoms with Gasteiger partial charge in [0.1, 0.15) is 11.0 Å². The molecule has 0 aliphatic carbocycles. The Balaban J connectivity index is 2.04. The van der Waals surface area contributed by atoms with Gasteiger partial charge in [-0.1, -0.05) is 54.6 Å². The van der Waals surface area contributed by atoms with Crippen LogP contribution in [0.15, 0.2) is 115 Å². The van der Waals surface area contributed by atoms with E-state index < -0.39 is 42.7 Å². The molecule has 10 heteroatoms. The number of hydrogen-bond acceptors (Lipinski definition) is 6. The number of aromatic nitrogens is 3. The highest BCUT2D eigenvalue weighted by Gasteiger charge is 2.32. The van der Waals surface area contributed by atoms with Crippen LogP contribution in [-0.2, 0) is 16.9 Å². The van der Waals surface area contributed by atoms with Crippen LogP contribution < -0.4 is 16.8 Å². The first-order chi connectivity index (χ1) is 17.2. The van der Waals surface area contributed by atoms with E-state index in [1.807, 2.05) is 0 Å². The van der Waals surface area contributed by atoms with Crippen LogP contribution in [0, 0.1) is 0 Å². The number of fused-ring (bicyclic) bond motifs is 1. The summed E-state index contributed by atoms with van der Waals surface area (Å²) in [4.78, 5) is 39.6. The minimum Gasteiger partial charge on any atom is -0.505 e. The molecule has 180 valence electrons. The average molecular weight is 502 g/mol. The highest BCUT2D eigenvalue weighted by Crippen LogP contribution is 2.31. The molecule has 0 amide bonds. The first kappa shape index (κ1) is 23.1. The highest BCUT2D eigenvalue weighted by atomic mass is 32.2. The molecule has 36 heavy (non-hydrogen) atoms. The quantitative estimate of drug-likeness (QED) is 0.404. The Morgan fingerprint density at radius 2 is 1.14 bits per heavy atom. The van der Waals surface area contributed by atoms with Gasteiger partial charge in [0, 0.05) is 7.05 Å². The van der Waals surface area contributed by atoms with Crippen molar-refractivity contribution in [2.75, 3.05) is 0 Å². The molecule has 0 fully saturated rings. The van der Waals surface area contributed by atoms with Gasteiger partial charge in [-0.3, -0.25) is 14.2 Å². The smallest absolute Gasteiger partial charge is 0.341 e. The van der Waals surface area contributed by atoms with E-state index in [9.17, 15) is 27.9 Å². The summed E-state index contributed by atoms with van der Waals surface area (Å²) in [5.74, 6) is -1.02. The number of aryl methyl sites for hydroxylation is 1. The lowest BCUT2D eigenvalue weighted by molar-refractivity contribution is 0.459. The van der Waals surface area contributed by atoms with Crippen molar-refractivity contribution in [3.8, 4) is 17.1 Å². The maximum atomic E-state index is 13.7. The van der Waals surface area contributed by atoms with Crippen molar-refractivity contribution in [1.29, 1.82) is 0 Å². The molecule has 5 aromatic rings. The first-order valence-electron chi connectivity index (χ1n) is 10.8. The van der Waals surface area contributed by atoms with Crippen LogP contribution in [0.5, 0.6) is 5.75 Å². The van der Waals surface area contributed by atoms with Gasteiger partial charge in [0.05, 0.1) is 16.3 Å². The summed E-state index contributed by atoms with van der Waals surface area (Å²) in [7, 11) is -3.27. The lowest BCUT2D eigenvalue weighted by Gasteiger charge is -2.18. The summed E-state index contributed by atoms with van der Waals surface area (Å²) < 4.78 is 29.6.